The van der Waals surface area contributed by atoms with Crippen molar-refractivity contribution in [2.24, 2.45) is 0 Å². The van der Waals surface area contributed by atoms with Crippen molar-refractivity contribution < 1.29 is 4.79 Å². The normalized spacial score (nSPS) is 22.9. The van der Waals surface area contributed by atoms with E-state index < -0.39 is 0 Å². The van der Waals surface area contributed by atoms with E-state index in [0.717, 1.165) is 39.3 Å². The van der Waals surface area contributed by atoms with E-state index in [2.05, 4.69) is 11.8 Å². The van der Waals surface area contributed by atoms with E-state index in [1.807, 2.05) is 9.80 Å². The maximum absolute atomic E-state index is 12.3. The minimum Gasteiger partial charge on any atom is -0.325 e. The predicted molar refractivity (Wildman–Crippen MR) is 69.1 cm³/mol. The Morgan fingerprint density at radius 2 is 1.47 bits per heavy atom. The Bertz CT molecular complexity index is 243. The Labute approximate surface area is 105 Å². The van der Waals surface area contributed by atoms with Gasteiger partial charge in [0.2, 0.25) is 0 Å². The van der Waals surface area contributed by atoms with Crippen LogP contribution in [-0.4, -0.2) is 66.5 Å². The standard InChI is InChI=1S/C13H25N3O/c1-2-6-14-9-11-16(12-10-14)13(17)15-7-4-3-5-8-15/h2-12H2,1H3. The van der Waals surface area contributed by atoms with Crippen LogP contribution in [0.25, 0.3) is 0 Å². The highest BCUT2D eigenvalue weighted by Crippen LogP contribution is 2.12. The van der Waals surface area contributed by atoms with Gasteiger partial charge in [0.1, 0.15) is 0 Å². The molecule has 2 rings (SSSR count). The van der Waals surface area contributed by atoms with E-state index in [0.29, 0.717) is 0 Å². The van der Waals surface area contributed by atoms with E-state index in [-0.39, 0.29) is 6.03 Å². The van der Waals surface area contributed by atoms with Crippen LogP contribution in [0.1, 0.15) is 32.6 Å². The quantitative estimate of drug-likeness (QED) is 0.732. The van der Waals surface area contributed by atoms with Gasteiger partial charge in [0, 0.05) is 39.3 Å². The summed E-state index contributed by atoms with van der Waals surface area (Å²) in [5, 5.41) is 0. The fourth-order valence-corrected chi connectivity index (χ4v) is 2.76. The van der Waals surface area contributed by atoms with Crippen molar-refractivity contribution in [2.45, 2.75) is 32.6 Å². The zero-order valence-corrected chi connectivity index (χ0v) is 11.0. The van der Waals surface area contributed by atoms with Gasteiger partial charge in [-0.3, -0.25) is 4.90 Å². The molecule has 0 radical (unpaired) electrons. The summed E-state index contributed by atoms with van der Waals surface area (Å²) >= 11 is 0. The van der Waals surface area contributed by atoms with Crippen molar-refractivity contribution in [3.8, 4) is 0 Å². The van der Waals surface area contributed by atoms with Crippen LogP contribution in [0.2, 0.25) is 0 Å². The molecule has 2 aliphatic rings. The lowest BCUT2D eigenvalue weighted by Gasteiger charge is -2.38. The number of urea groups is 1. The van der Waals surface area contributed by atoms with Crippen LogP contribution in [0.15, 0.2) is 0 Å². The van der Waals surface area contributed by atoms with Gasteiger partial charge in [-0.15, -0.1) is 0 Å². The molecule has 2 fully saturated rings. The maximum atomic E-state index is 12.3. The summed E-state index contributed by atoms with van der Waals surface area (Å²) in [6, 6.07) is 0.279. The first-order chi connectivity index (χ1) is 8.31. The Morgan fingerprint density at radius 3 is 2.06 bits per heavy atom. The molecule has 4 nitrogen and oxygen atoms in total. The van der Waals surface area contributed by atoms with Crippen molar-refractivity contribution in [2.75, 3.05) is 45.8 Å². The van der Waals surface area contributed by atoms with E-state index in [1.165, 1.54) is 32.2 Å². The van der Waals surface area contributed by atoms with Crippen molar-refractivity contribution in [1.82, 2.24) is 14.7 Å². The number of rotatable bonds is 2. The third kappa shape index (κ3) is 3.35. The third-order valence-corrected chi connectivity index (χ3v) is 3.81. The zero-order chi connectivity index (χ0) is 12.1. The first kappa shape index (κ1) is 12.7. The molecule has 0 N–H and O–H groups in total. The lowest BCUT2D eigenvalue weighted by atomic mass is 10.1. The second kappa shape index (κ2) is 6.24. The molecule has 0 aliphatic carbocycles. The second-order valence-corrected chi connectivity index (χ2v) is 5.16. The van der Waals surface area contributed by atoms with Gasteiger partial charge in [0.25, 0.3) is 0 Å². The minimum absolute atomic E-state index is 0.279. The van der Waals surface area contributed by atoms with Gasteiger partial charge in [0.05, 0.1) is 0 Å². The van der Waals surface area contributed by atoms with Crippen LogP contribution in [0, 0.1) is 0 Å². The number of piperidine rings is 1. The van der Waals surface area contributed by atoms with E-state index in [4.69, 9.17) is 0 Å². The van der Waals surface area contributed by atoms with Gasteiger partial charge in [0.15, 0.2) is 0 Å². The number of amides is 2. The minimum atomic E-state index is 0.279. The highest BCUT2D eigenvalue weighted by atomic mass is 16.2. The van der Waals surface area contributed by atoms with E-state index >= 15 is 0 Å². The molecular formula is C13H25N3O. The van der Waals surface area contributed by atoms with Crippen LogP contribution in [0.3, 0.4) is 0 Å². The first-order valence-corrected chi connectivity index (χ1v) is 7.07. The summed E-state index contributed by atoms with van der Waals surface area (Å²) in [5.74, 6) is 0. The zero-order valence-electron chi connectivity index (χ0n) is 11.0. The molecule has 2 amide bonds. The van der Waals surface area contributed by atoms with Gasteiger partial charge < -0.3 is 9.80 Å². The van der Waals surface area contributed by atoms with Crippen LogP contribution >= 0.6 is 0 Å². The van der Waals surface area contributed by atoms with E-state index in [9.17, 15) is 4.79 Å². The molecule has 0 aromatic rings. The van der Waals surface area contributed by atoms with Gasteiger partial charge in [-0.25, -0.2) is 4.79 Å². The number of piperazine rings is 1. The second-order valence-electron chi connectivity index (χ2n) is 5.16. The Morgan fingerprint density at radius 1 is 0.882 bits per heavy atom. The summed E-state index contributed by atoms with van der Waals surface area (Å²) < 4.78 is 0. The smallest absolute Gasteiger partial charge is 0.320 e. The molecule has 0 spiro atoms. The monoisotopic (exact) mass is 239 g/mol. The summed E-state index contributed by atoms with van der Waals surface area (Å²) in [7, 11) is 0. The van der Waals surface area contributed by atoms with E-state index in [1.54, 1.807) is 0 Å². The molecule has 0 aromatic heterocycles. The third-order valence-electron chi connectivity index (χ3n) is 3.81. The molecule has 0 saturated carbocycles. The molecule has 0 bridgehead atoms. The molecular weight excluding hydrogens is 214 g/mol. The number of likely N-dealkylation sites (tertiary alicyclic amines) is 1. The molecule has 2 saturated heterocycles. The van der Waals surface area contributed by atoms with Crippen molar-refractivity contribution in [3.05, 3.63) is 0 Å². The molecule has 17 heavy (non-hydrogen) atoms. The van der Waals surface area contributed by atoms with Crippen LogP contribution in [0.5, 0.6) is 0 Å². The topological polar surface area (TPSA) is 26.8 Å². The maximum Gasteiger partial charge on any atom is 0.320 e. The van der Waals surface area contributed by atoms with Crippen LogP contribution in [-0.2, 0) is 0 Å². The van der Waals surface area contributed by atoms with Gasteiger partial charge >= 0.3 is 6.03 Å². The number of hydrogen-bond acceptors (Lipinski definition) is 2. The van der Waals surface area contributed by atoms with Crippen LogP contribution in [0.4, 0.5) is 4.79 Å². The van der Waals surface area contributed by atoms with Gasteiger partial charge in [-0.1, -0.05) is 6.92 Å². The highest BCUT2D eigenvalue weighted by molar-refractivity contribution is 5.74. The number of nitrogens with zero attached hydrogens (tertiary/aromatic N) is 3. The Kier molecular flexibility index (Phi) is 4.66. The number of carbonyl (C=O) groups is 1. The van der Waals surface area contributed by atoms with Crippen molar-refractivity contribution in [1.29, 1.82) is 0 Å². The molecule has 4 heteroatoms. The predicted octanol–water partition coefficient (Wildman–Crippen LogP) is 1.62. The molecule has 0 atom stereocenters. The Hall–Kier alpha value is -0.770. The fraction of sp³-hybridized carbons (Fsp3) is 0.923. The van der Waals surface area contributed by atoms with Gasteiger partial charge in [-0.2, -0.15) is 0 Å². The Balaban J connectivity index is 1.77. The lowest BCUT2D eigenvalue weighted by molar-refractivity contribution is 0.107. The molecule has 0 aromatic carbocycles. The average molecular weight is 239 g/mol. The highest BCUT2D eigenvalue weighted by Gasteiger charge is 2.25. The summed E-state index contributed by atoms with van der Waals surface area (Å²) in [4.78, 5) is 18.8. The summed E-state index contributed by atoms with van der Waals surface area (Å²) in [6.45, 7) is 9.24. The molecule has 2 heterocycles. The summed E-state index contributed by atoms with van der Waals surface area (Å²) in [5.41, 5.74) is 0. The largest absolute Gasteiger partial charge is 0.325 e. The fourth-order valence-electron chi connectivity index (χ4n) is 2.76. The molecule has 2 aliphatic heterocycles. The number of carbonyl (C=O) groups excluding carboxylic acids is 1. The molecule has 0 unspecified atom stereocenters. The van der Waals surface area contributed by atoms with Crippen molar-refractivity contribution in [3.63, 3.8) is 0 Å². The first-order valence-electron chi connectivity index (χ1n) is 7.07. The lowest BCUT2D eigenvalue weighted by Crippen LogP contribution is -2.53. The SMILES string of the molecule is CCCN1CCN(C(=O)N2CCCCC2)CC1. The van der Waals surface area contributed by atoms with Crippen LogP contribution < -0.4 is 0 Å². The summed E-state index contributed by atoms with van der Waals surface area (Å²) in [6.07, 6.45) is 4.86. The van der Waals surface area contributed by atoms with Gasteiger partial charge in [-0.05, 0) is 32.2 Å². The van der Waals surface area contributed by atoms with Crippen molar-refractivity contribution >= 4 is 6.03 Å². The number of hydrogen-bond donors (Lipinski definition) is 0. The average Bonchev–Trinajstić information content (AvgIpc) is 2.40. The molecule has 98 valence electrons.